The van der Waals surface area contributed by atoms with Crippen LogP contribution in [0.3, 0.4) is 0 Å². The topological polar surface area (TPSA) is 65.5 Å². The van der Waals surface area contributed by atoms with Gasteiger partial charge in [-0.25, -0.2) is 17.7 Å². The Kier molecular flexibility index (Phi) is 4.62. The molecule has 0 saturated carbocycles. The SMILES string of the molecule is CN1CCC(Nc2ccc(S(=O)(=O)N(C)C)cn2)CC1. The first-order chi connectivity index (χ1) is 9.39. The van der Waals surface area contributed by atoms with Crippen LogP contribution in [0.1, 0.15) is 12.8 Å². The zero-order valence-corrected chi connectivity index (χ0v) is 13.0. The van der Waals surface area contributed by atoms with Gasteiger partial charge in [-0.05, 0) is 45.1 Å². The van der Waals surface area contributed by atoms with Gasteiger partial charge < -0.3 is 10.2 Å². The molecule has 1 aromatic heterocycles. The minimum absolute atomic E-state index is 0.219. The van der Waals surface area contributed by atoms with Crippen molar-refractivity contribution in [3.05, 3.63) is 18.3 Å². The number of anilines is 1. The molecule has 1 aliphatic rings. The minimum Gasteiger partial charge on any atom is -0.367 e. The van der Waals surface area contributed by atoms with E-state index in [1.807, 2.05) is 0 Å². The Bertz CT molecular complexity index is 534. The summed E-state index contributed by atoms with van der Waals surface area (Å²) in [5, 5.41) is 3.36. The first-order valence-corrected chi connectivity index (χ1v) is 8.17. The fourth-order valence-electron chi connectivity index (χ4n) is 2.19. The van der Waals surface area contributed by atoms with Gasteiger partial charge in [-0.15, -0.1) is 0 Å². The van der Waals surface area contributed by atoms with Gasteiger partial charge in [0.1, 0.15) is 10.7 Å². The number of nitrogens with zero attached hydrogens (tertiary/aromatic N) is 3. The van der Waals surface area contributed by atoms with Crippen LogP contribution in [0.2, 0.25) is 0 Å². The number of piperidine rings is 1. The van der Waals surface area contributed by atoms with Gasteiger partial charge in [0.05, 0.1) is 0 Å². The largest absolute Gasteiger partial charge is 0.367 e. The summed E-state index contributed by atoms with van der Waals surface area (Å²) in [4.78, 5) is 6.73. The van der Waals surface area contributed by atoms with Crippen molar-refractivity contribution in [3.8, 4) is 0 Å². The van der Waals surface area contributed by atoms with E-state index in [1.54, 1.807) is 12.1 Å². The molecular weight excluding hydrogens is 276 g/mol. The molecule has 0 bridgehead atoms. The van der Waals surface area contributed by atoms with Crippen LogP contribution in [0, 0.1) is 0 Å². The molecule has 0 radical (unpaired) electrons. The lowest BCUT2D eigenvalue weighted by Gasteiger charge is -2.29. The number of likely N-dealkylation sites (tertiary alicyclic amines) is 1. The highest BCUT2D eigenvalue weighted by Gasteiger charge is 2.19. The van der Waals surface area contributed by atoms with Crippen LogP contribution in [-0.2, 0) is 10.0 Å². The molecule has 0 unspecified atom stereocenters. The van der Waals surface area contributed by atoms with E-state index in [2.05, 4.69) is 22.2 Å². The molecule has 7 heteroatoms. The highest BCUT2D eigenvalue weighted by atomic mass is 32.2. The standard InChI is InChI=1S/C13H22N4O2S/c1-16(2)20(18,19)12-4-5-13(14-10-12)15-11-6-8-17(3)9-7-11/h4-5,10-11H,6-9H2,1-3H3,(H,14,15). The summed E-state index contributed by atoms with van der Waals surface area (Å²) >= 11 is 0. The molecule has 0 aromatic carbocycles. The normalized spacial score (nSPS) is 18.4. The predicted octanol–water partition coefficient (Wildman–Crippen LogP) is 0.838. The third-order valence-electron chi connectivity index (χ3n) is 3.59. The molecule has 1 saturated heterocycles. The first-order valence-electron chi connectivity index (χ1n) is 6.73. The van der Waals surface area contributed by atoms with Gasteiger partial charge in [-0.1, -0.05) is 0 Å². The van der Waals surface area contributed by atoms with Crippen LogP contribution in [0.4, 0.5) is 5.82 Å². The molecule has 0 amide bonds. The maximum absolute atomic E-state index is 11.9. The fourth-order valence-corrected chi connectivity index (χ4v) is 3.04. The van der Waals surface area contributed by atoms with Crippen molar-refractivity contribution in [1.82, 2.24) is 14.2 Å². The van der Waals surface area contributed by atoms with E-state index in [-0.39, 0.29) is 4.90 Å². The fraction of sp³-hybridized carbons (Fsp3) is 0.615. The second-order valence-corrected chi connectivity index (χ2v) is 7.54. The van der Waals surface area contributed by atoms with E-state index in [4.69, 9.17) is 0 Å². The van der Waals surface area contributed by atoms with Crippen LogP contribution < -0.4 is 5.32 Å². The monoisotopic (exact) mass is 298 g/mol. The molecule has 20 heavy (non-hydrogen) atoms. The Balaban J connectivity index is 2.02. The molecule has 6 nitrogen and oxygen atoms in total. The highest BCUT2D eigenvalue weighted by Crippen LogP contribution is 2.17. The van der Waals surface area contributed by atoms with E-state index in [1.165, 1.54) is 24.6 Å². The van der Waals surface area contributed by atoms with Crippen molar-refractivity contribution >= 4 is 15.8 Å². The minimum atomic E-state index is -3.40. The average molecular weight is 298 g/mol. The molecular formula is C13H22N4O2S. The molecule has 0 aliphatic carbocycles. The van der Waals surface area contributed by atoms with Gasteiger partial charge in [0.15, 0.2) is 0 Å². The first kappa shape index (κ1) is 15.2. The van der Waals surface area contributed by atoms with Crippen LogP contribution >= 0.6 is 0 Å². The van der Waals surface area contributed by atoms with Crippen molar-refractivity contribution in [2.75, 3.05) is 39.5 Å². The number of aromatic nitrogens is 1. The number of rotatable bonds is 4. The number of sulfonamides is 1. The molecule has 1 N–H and O–H groups in total. The molecule has 1 aliphatic heterocycles. The molecule has 112 valence electrons. The van der Waals surface area contributed by atoms with E-state index < -0.39 is 10.0 Å². The Hall–Kier alpha value is -1.18. The van der Waals surface area contributed by atoms with Crippen molar-refractivity contribution in [2.45, 2.75) is 23.8 Å². The summed E-state index contributed by atoms with van der Waals surface area (Å²) < 4.78 is 25.0. The van der Waals surface area contributed by atoms with Gasteiger partial charge in [-0.2, -0.15) is 0 Å². The summed E-state index contributed by atoms with van der Waals surface area (Å²) in [6.07, 6.45) is 3.57. The van der Waals surface area contributed by atoms with Crippen LogP contribution in [0.5, 0.6) is 0 Å². The summed E-state index contributed by atoms with van der Waals surface area (Å²) in [6, 6.07) is 3.74. The number of hydrogen-bond acceptors (Lipinski definition) is 5. The molecule has 2 heterocycles. The van der Waals surface area contributed by atoms with Gasteiger partial charge in [0.25, 0.3) is 0 Å². The number of pyridine rings is 1. The Morgan fingerprint density at radius 2 is 1.95 bits per heavy atom. The van der Waals surface area contributed by atoms with E-state index in [9.17, 15) is 8.42 Å². The van der Waals surface area contributed by atoms with E-state index in [0.717, 1.165) is 31.7 Å². The van der Waals surface area contributed by atoms with Crippen molar-refractivity contribution < 1.29 is 8.42 Å². The molecule has 0 spiro atoms. The lowest BCUT2D eigenvalue weighted by molar-refractivity contribution is 0.263. The quantitative estimate of drug-likeness (QED) is 0.892. The van der Waals surface area contributed by atoms with E-state index >= 15 is 0 Å². The Morgan fingerprint density at radius 3 is 2.45 bits per heavy atom. The summed E-state index contributed by atoms with van der Waals surface area (Å²) in [7, 11) is 1.75. The van der Waals surface area contributed by atoms with Crippen molar-refractivity contribution in [3.63, 3.8) is 0 Å². The van der Waals surface area contributed by atoms with Gasteiger partial charge in [-0.3, -0.25) is 0 Å². The Labute approximate surface area is 120 Å². The third kappa shape index (κ3) is 3.47. The summed E-state index contributed by atoms with van der Waals surface area (Å²) in [6.45, 7) is 2.15. The lowest BCUT2D eigenvalue weighted by Crippen LogP contribution is -2.36. The van der Waals surface area contributed by atoms with Crippen LogP contribution in [0.15, 0.2) is 23.2 Å². The molecule has 1 aromatic rings. The third-order valence-corrected chi connectivity index (χ3v) is 5.38. The lowest BCUT2D eigenvalue weighted by atomic mass is 10.1. The zero-order chi connectivity index (χ0) is 14.8. The van der Waals surface area contributed by atoms with Gasteiger partial charge >= 0.3 is 0 Å². The van der Waals surface area contributed by atoms with Crippen LogP contribution in [0.25, 0.3) is 0 Å². The maximum atomic E-state index is 11.9. The molecule has 2 rings (SSSR count). The second kappa shape index (κ2) is 6.07. The zero-order valence-electron chi connectivity index (χ0n) is 12.2. The van der Waals surface area contributed by atoms with Crippen LogP contribution in [-0.4, -0.2) is 62.9 Å². The average Bonchev–Trinajstić information content (AvgIpc) is 2.42. The van der Waals surface area contributed by atoms with Crippen molar-refractivity contribution in [2.24, 2.45) is 0 Å². The summed E-state index contributed by atoms with van der Waals surface area (Å²) in [5.74, 6) is 0.734. The second-order valence-electron chi connectivity index (χ2n) is 5.39. The maximum Gasteiger partial charge on any atom is 0.244 e. The van der Waals surface area contributed by atoms with Crippen molar-refractivity contribution in [1.29, 1.82) is 0 Å². The molecule has 0 atom stereocenters. The summed E-state index contributed by atoms with van der Waals surface area (Å²) in [5.41, 5.74) is 0. The highest BCUT2D eigenvalue weighted by molar-refractivity contribution is 7.89. The van der Waals surface area contributed by atoms with E-state index in [0.29, 0.717) is 6.04 Å². The smallest absolute Gasteiger partial charge is 0.244 e. The van der Waals surface area contributed by atoms with Gasteiger partial charge in [0.2, 0.25) is 10.0 Å². The molecule has 1 fully saturated rings. The predicted molar refractivity (Wildman–Crippen MR) is 79.3 cm³/mol. The number of nitrogens with one attached hydrogen (secondary N) is 1. The van der Waals surface area contributed by atoms with Gasteiger partial charge in [0, 0.05) is 26.3 Å². The Morgan fingerprint density at radius 1 is 1.30 bits per heavy atom. The number of hydrogen-bond donors (Lipinski definition) is 1.